The summed E-state index contributed by atoms with van der Waals surface area (Å²) in [5.74, 6) is -0.532. The van der Waals surface area contributed by atoms with E-state index in [0.29, 0.717) is 22.4 Å². The van der Waals surface area contributed by atoms with Crippen LogP contribution < -0.4 is 5.32 Å². The highest BCUT2D eigenvalue weighted by Crippen LogP contribution is 2.35. The Hall–Kier alpha value is -3.42. The van der Waals surface area contributed by atoms with Crippen LogP contribution in [0.25, 0.3) is 22.2 Å². The van der Waals surface area contributed by atoms with Gasteiger partial charge in [0.25, 0.3) is 0 Å². The Bertz CT molecular complexity index is 1110. The highest BCUT2D eigenvalue weighted by Gasteiger charge is 2.26. The molecule has 3 rings (SSSR count). The molecule has 0 radical (unpaired) electrons. The Labute approximate surface area is 174 Å². The van der Waals surface area contributed by atoms with Gasteiger partial charge in [0.05, 0.1) is 0 Å². The lowest BCUT2D eigenvalue weighted by Crippen LogP contribution is -2.34. The topological polar surface area (TPSA) is 106 Å². The first-order chi connectivity index (χ1) is 14.1. The lowest BCUT2D eigenvalue weighted by Gasteiger charge is -2.19. The van der Waals surface area contributed by atoms with Gasteiger partial charge in [-0.3, -0.25) is 0 Å². The van der Waals surface area contributed by atoms with Crippen LogP contribution in [0.15, 0.2) is 30.5 Å². The minimum absolute atomic E-state index is 0.116. The van der Waals surface area contributed by atoms with Gasteiger partial charge in [-0.25, -0.2) is 19.6 Å². The number of aromatic carboxylic acids is 1. The van der Waals surface area contributed by atoms with E-state index < -0.39 is 17.7 Å². The lowest BCUT2D eigenvalue weighted by molar-refractivity contribution is 0.0526. The summed E-state index contributed by atoms with van der Waals surface area (Å²) in [5, 5.41) is 13.4. The number of hydrogen-bond acceptors (Lipinski definition) is 5. The molecule has 0 aliphatic carbocycles. The summed E-state index contributed by atoms with van der Waals surface area (Å²) in [6, 6.07) is 7.60. The van der Waals surface area contributed by atoms with E-state index in [1.165, 1.54) is 0 Å². The fourth-order valence-electron chi connectivity index (χ4n) is 3.36. The summed E-state index contributed by atoms with van der Waals surface area (Å²) < 4.78 is 6.87. The van der Waals surface area contributed by atoms with E-state index in [-0.39, 0.29) is 18.8 Å². The van der Waals surface area contributed by atoms with Gasteiger partial charge in [0.2, 0.25) is 0 Å². The van der Waals surface area contributed by atoms with Gasteiger partial charge in [0, 0.05) is 30.2 Å². The average Bonchev–Trinajstić information content (AvgIpc) is 2.94. The number of fused-ring (bicyclic) bond motifs is 1. The molecule has 1 amide bonds. The number of alkyl carbamates (subject to hydrolysis) is 1. The van der Waals surface area contributed by atoms with Gasteiger partial charge in [0.15, 0.2) is 0 Å². The number of benzene rings is 1. The molecule has 2 N–H and O–H groups in total. The van der Waals surface area contributed by atoms with Gasteiger partial charge >= 0.3 is 12.1 Å². The SMILES string of the molecule is Cc1ncc2c(-c3ccccc3C)c(C(=O)O)n(CCNC(=O)OC(C)(C)C)c2n1. The van der Waals surface area contributed by atoms with Gasteiger partial charge in [0.1, 0.15) is 22.8 Å². The van der Waals surface area contributed by atoms with E-state index >= 15 is 0 Å². The smallest absolute Gasteiger partial charge is 0.407 e. The molecule has 2 heterocycles. The highest BCUT2D eigenvalue weighted by molar-refractivity contribution is 6.07. The van der Waals surface area contributed by atoms with Gasteiger partial charge in [-0.1, -0.05) is 24.3 Å². The first-order valence-corrected chi connectivity index (χ1v) is 9.70. The average molecular weight is 410 g/mol. The van der Waals surface area contributed by atoms with Gasteiger partial charge in [-0.05, 0) is 45.7 Å². The van der Waals surface area contributed by atoms with Crippen molar-refractivity contribution in [2.75, 3.05) is 6.54 Å². The third kappa shape index (κ3) is 4.42. The second-order valence-electron chi connectivity index (χ2n) is 8.08. The summed E-state index contributed by atoms with van der Waals surface area (Å²) in [6.07, 6.45) is 1.10. The summed E-state index contributed by atoms with van der Waals surface area (Å²) in [4.78, 5) is 33.0. The number of carbonyl (C=O) groups is 2. The maximum atomic E-state index is 12.3. The molecule has 0 aliphatic heterocycles. The number of nitrogens with one attached hydrogen (secondary N) is 1. The largest absolute Gasteiger partial charge is 0.477 e. The van der Waals surface area contributed by atoms with Crippen molar-refractivity contribution >= 4 is 23.1 Å². The molecule has 1 aromatic carbocycles. The fourth-order valence-corrected chi connectivity index (χ4v) is 3.36. The molecule has 0 saturated heterocycles. The van der Waals surface area contributed by atoms with Crippen LogP contribution in [0.2, 0.25) is 0 Å². The molecule has 3 aromatic rings. The van der Waals surface area contributed by atoms with Crippen LogP contribution in [0.1, 0.15) is 42.6 Å². The molecule has 0 unspecified atom stereocenters. The molecular formula is C22H26N4O4. The minimum atomic E-state index is -1.07. The third-order valence-corrected chi connectivity index (χ3v) is 4.54. The van der Waals surface area contributed by atoms with Crippen LogP contribution in [0.5, 0.6) is 0 Å². The van der Waals surface area contributed by atoms with E-state index in [2.05, 4.69) is 15.3 Å². The predicted octanol–water partition coefficient (Wildman–Crippen LogP) is 3.94. The van der Waals surface area contributed by atoms with Crippen molar-refractivity contribution in [1.82, 2.24) is 19.9 Å². The van der Waals surface area contributed by atoms with Crippen molar-refractivity contribution in [3.8, 4) is 11.1 Å². The van der Waals surface area contributed by atoms with Gasteiger partial charge < -0.3 is 19.7 Å². The molecule has 0 bridgehead atoms. The number of amides is 1. The molecule has 158 valence electrons. The zero-order valence-corrected chi connectivity index (χ0v) is 17.8. The number of nitrogens with zero attached hydrogens (tertiary/aromatic N) is 3. The molecule has 0 atom stereocenters. The lowest BCUT2D eigenvalue weighted by atomic mass is 9.98. The third-order valence-electron chi connectivity index (χ3n) is 4.54. The maximum absolute atomic E-state index is 12.3. The van der Waals surface area contributed by atoms with Crippen LogP contribution in [0.3, 0.4) is 0 Å². The van der Waals surface area contributed by atoms with Crippen molar-refractivity contribution in [3.05, 3.63) is 47.5 Å². The van der Waals surface area contributed by atoms with E-state index in [4.69, 9.17) is 4.74 Å². The van der Waals surface area contributed by atoms with E-state index in [1.807, 2.05) is 31.2 Å². The normalized spacial score (nSPS) is 11.5. The predicted molar refractivity (Wildman–Crippen MR) is 114 cm³/mol. The highest BCUT2D eigenvalue weighted by atomic mass is 16.6. The Morgan fingerprint density at radius 3 is 2.53 bits per heavy atom. The Balaban J connectivity index is 2.07. The Kier molecular flexibility index (Phi) is 5.78. The van der Waals surface area contributed by atoms with Crippen molar-refractivity contribution in [2.24, 2.45) is 0 Å². The molecular weight excluding hydrogens is 384 g/mol. The molecule has 30 heavy (non-hydrogen) atoms. The number of carboxylic acid groups (broad SMARTS) is 1. The van der Waals surface area contributed by atoms with E-state index in [9.17, 15) is 14.7 Å². The number of carbonyl (C=O) groups excluding carboxylic acids is 1. The zero-order valence-electron chi connectivity index (χ0n) is 17.8. The second kappa shape index (κ2) is 8.14. The molecule has 0 aliphatic rings. The number of rotatable bonds is 5. The molecule has 8 heteroatoms. The summed E-state index contributed by atoms with van der Waals surface area (Å²) in [7, 11) is 0. The van der Waals surface area contributed by atoms with Crippen molar-refractivity contribution in [1.29, 1.82) is 0 Å². The standard InChI is InChI=1S/C22H26N4O4/c1-13-8-6-7-9-15(13)17-16-12-24-14(2)25-19(16)26(18(17)20(27)28)11-10-23-21(29)30-22(3,4)5/h6-9,12H,10-11H2,1-5H3,(H,23,29)(H,27,28). The molecule has 0 fully saturated rings. The summed E-state index contributed by atoms with van der Waals surface area (Å²) in [6.45, 7) is 9.44. The zero-order chi connectivity index (χ0) is 22.1. The summed E-state index contributed by atoms with van der Waals surface area (Å²) >= 11 is 0. The van der Waals surface area contributed by atoms with Crippen molar-refractivity contribution in [3.63, 3.8) is 0 Å². The minimum Gasteiger partial charge on any atom is -0.477 e. The van der Waals surface area contributed by atoms with Crippen LogP contribution in [-0.4, -0.2) is 43.8 Å². The van der Waals surface area contributed by atoms with Crippen molar-refractivity contribution < 1.29 is 19.4 Å². The van der Waals surface area contributed by atoms with E-state index in [1.54, 1.807) is 38.5 Å². The van der Waals surface area contributed by atoms with Gasteiger partial charge in [-0.2, -0.15) is 0 Å². The number of ether oxygens (including phenoxy) is 1. The first-order valence-electron chi connectivity index (χ1n) is 9.70. The quantitative estimate of drug-likeness (QED) is 0.660. The van der Waals surface area contributed by atoms with Crippen LogP contribution in [0, 0.1) is 13.8 Å². The first kappa shape index (κ1) is 21.3. The van der Waals surface area contributed by atoms with Crippen LogP contribution in [-0.2, 0) is 11.3 Å². The number of aromatic nitrogens is 3. The maximum Gasteiger partial charge on any atom is 0.407 e. The van der Waals surface area contributed by atoms with Crippen LogP contribution in [0.4, 0.5) is 4.79 Å². The summed E-state index contributed by atoms with van der Waals surface area (Å²) in [5.41, 5.74) is 2.36. The molecule has 8 nitrogen and oxygen atoms in total. The molecule has 2 aromatic heterocycles. The molecule has 0 spiro atoms. The van der Waals surface area contributed by atoms with Crippen molar-refractivity contribution in [2.45, 2.75) is 46.8 Å². The second-order valence-corrected chi connectivity index (χ2v) is 8.08. The number of aryl methyl sites for hydroxylation is 2. The molecule has 0 saturated carbocycles. The monoisotopic (exact) mass is 410 g/mol. The fraction of sp³-hybridized carbons (Fsp3) is 0.364. The number of carboxylic acids is 1. The van der Waals surface area contributed by atoms with Gasteiger partial charge in [-0.15, -0.1) is 0 Å². The Morgan fingerprint density at radius 2 is 1.90 bits per heavy atom. The van der Waals surface area contributed by atoms with Crippen LogP contribution >= 0.6 is 0 Å². The Morgan fingerprint density at radius 1 is 1.20 bits per heavy atom. The number of hydrogen-bond donors (Lipinski definition) is 2. The van der Waals surface area contributed by atoms with E-state index in [0.717, 1.165) is 11.1 Å².